The van der Waals surface area contributed by atoms with Crippen molar-refractivity contribution in [3.63, 3.8) is 0 Å². The molecule has 36 heavy (non-hydrogen) atoms. The number of hydrogen-bond donors (Lipinski definition) is 0. The van der Waals surface area contributed by atoms with E-state index in [9.17, 15) is 19.7 Å². The molecule has 2 aromatic heterocycles. The number of hydrazone groups is 1. The highest BCUT2D eigenvalue weighted by atomic mass is 16.6. The molecule has 0 N–H and O–H groups in total. The van der Waals surface area contributed by atoms with Gasteiger partial charge >= 0.3 is 5.97 Å². The van der Waals surface area contributed by atoms with Crippen LogP contribution in [0, 0.1) is 23.0 Å². The number of amides is 1. The van der Waals surface area contributed by atoms with E-state index < -0.39 is 29.4 Å². The largest absolute Gasteiger partial charge is 0.467 e. The predicted molar refractivity (Wildman–Crippen MR) is 128 cm³/mol. The second kappa shape index (κ2) is 9.65. The van der Waals surface area contributed by atoms with Gasteiger partial charge < -0.3 is 13.6 Å². The first-order chi connectivity index (χ1) is 17.4. The fourth-order valence-corrected chi connectivity index (χ4v) is 4.80. The molecule has 2 atom stereocenters. The van der Waals surface area contributed by atoms with Gasteiger partial charge in [-0.3, -0.25) is 14.9 Å². The van der Waals surface area contributed by atoms with E-state index in [2.05, 4.69) is 5.10 Å². The van der Waals surface area contributed by atoms with Gasteiger partial charge in [-0.2, -0.15) is 5.10 Å². The van der Waals surface area contributed by atoms with Crippen LogP contribution in [-0.4, -0.2) is 34.1 Å². The first kappa shape index (κ1) is 23.3. The van der Waals surface area contributed by atoms with Crippen molar-refractivity contribution in [1.29, 1.82) is 0 Å². The van der Waals surface area contributed by atoms with Gasteiger partial charge in [0, 0.05) is 17.5 Å². The van der Waals surface area contributed by atoms with Crippen LogP contribution in [0.3, 0.4) is 0 Å². The molecule has 10 heteroatoms. The Morgan fingerprint density at radius 3 is 2.72 bits per heavy atom. The van der Waals surface area contributed by atoms with Gasteiger partial charge in [0.05, 0.1) is 28.7 Å². The van der Waals surface area contributed by atoms with Crippen molar-refractivity contribution in [2.24, 2.45) is 11.0 Å². The molecule has 10 nitrogen and oxygen atoms in total. The highest BCUT2D eigenvalue weighted by Crippen LogP contribution is 2.44. The van der Waals surface area contributed by atoms with Crippen LogP contribution in [0.1, 0.15) is 52.7 Å². The summed E-state index contributed by atoms with van der Waals surface area (Å²) in [6, 6.07) is 10.9. The monoisotopic (exact) mass is 489 g/mol. The molecule has 2 aliphatic rings. The minimum atomic E-state index is -0.818. The van der Waals surface area contributed by atoms with Crippen LogP contribution in [0.2, 0.25) is 0 Å². The Hall–Kier alpha value is -4.47. The number of fused-ring (bicyclic) bond motifs is 1. The van der Waals surface area contributed by atoms with Gasteiger partial charge in [-0.1, -0.05) is 6.07 Å². The van der Waals surface area contributed by atoms with Crippen molar-refractivity contribution in [3.8, 4) is 0 Å². The van der Waals surface area contributed by atoms with Crippen LogP contribution in [0.15, 0.2) is 74.5 Å². The van der Waals surface area contributed by atoms with Crippen LogP contribution in [-0.2, 0) is 9.53 Å². The first-order valence-corrected chi connectivity index (χ1v) is 11.5. The van der Waals surface area contributed by atoms with E-state index in [-0.39, 0.29) is 22.7 Å². The van der Waals surface area contributed by atoms with Crippen molar-refractivity contribution in [1.82, 2.24) is 5.01 Å². The van der Waals surface area contributed by atoms with Crippen molar-refractivity contribution in [2.75, 3.05) is 6.61 Å². The molecule has 184 valence electrons. The van der Waals surface area contributed by atoms with E-state index in [0.29, 0.717) is 11.5 Å². The zero-order valence-corrected chi connectivity index (χ0v) is 19.5. The number of carbonyl (C=O) groups excluding carboxylic acids is 2. The van der Waals surface area contributed by atoms with E-state index >= 15 is 0 Å². The summed E-state index contributed by atoms with van der Waals surface area (Å²) in [6.07, 6.45) is 7.60. The smallest absolute Gasteiger partial charge is 0.339 e. The SMILES string of the molecule is Cc1c(C(=O)OCC(=O)N2N=C3C(=Cc4ccco4)CCCC3C2c2ccco2)cccc1[N+](=O)[O-]. The Morgan fingerprint density at radius 2 is 2.00 bits per heavy atom. The zero-order valence-electron chi connectivity index (χ0n) is 19.5. The third-order valence-electron chi connectivity index (χ3n) is 6.50. The summed E-state index contributed by atoms with van der Waals surface area (Å²) >= 11 is 0. The van der Waals surface area contributed by atoms with Crippen LogP contribution < -0.4 is 0 Å². The number of nitro benzene ring substituents is 1. The number of hydrogen-bond acceptors (Lipinski definition) is 8. The number of rotatable bonds is 6. The topological polar surface area (TPSA) is 128 Å². The standard InChI is InChI=1S/C26H23N3O7/c1-16-19(8-3-10-21(16)29(32)33)26(31)36-15-23(30)28-25(22-11-5-13-35-22)20-9-2-6-17(24(20)27-28)14-18-7-4-12-34-18/h3-5,7-8,10-14,20,25H,2,6,9,15H2,1H3. The Kier molecular flexibility index (Phi) is 6.24. The van der Waals surface area contributed by atoms with E-state index in [1.54, 1.807) is 24.7 Å². The second-order valence-corrected chi connectivity index (χ2v) is 8.65. The summed E-state index contributed by atoms with van der Waals surface area (Å²) in [5.41, 5.74) is 1.78. The number of nitrogens with zero attached hydrogens (tertiary/aromatic N) is 3. The van der Waals surface area contributed by atoms with Crippen LogP contribution in [0.25, 0.3) is 6.08 Å². The summed E-state index contributed by atoms with van der Waals surface area (Å²) in [5, 5.41) is 17.2. The minimum Gasteiger partial charge on any atom is -0.467 e. The summed E-state index contributed by atoms with van der Waals surface area (Å²) in [4.78, 5) is 36.6. The molecule has 3 aromatic rings. The molecule has 1 amide bonds. The molecule has 0 saturated heterocycles. The van der Waals surface area contributed by atoms with Gasteiger partial charge in [0.15, 0.2) is 6.61 Å². The van der Waals surface area contributed by atoms with Crippen LogP contribution in [0.5, 0.6) is 0 Å². The quantitative estimate of drug-likeness (QED) is 0.269. The third-order valence-corrected chi connectivity index (χ3v) is 6.50. The number of allylic oxidation sites excluding steroid dienone is 1. The van der Waals surface area contributed by atoms with E-state index in [0.717, 1.165) is 30.5 Å². The maximum atomic E-state index is 13.3. The number of furan rings is 2. The van der Waals surface area contributed by atoms with E-state index in [1.807, 2.05) is 18.2 Å². The van der Waals surface area contributed by atoms with Gasteiger partial charge in [-0.25, -0.2) is 9.80 Å². The number of nitro groups is 1. The van der Waals surface area contributed by atoms with E-state index in [4.69, 9.17) is 13.6 Å². The molecule has 2 unspecified atom stereocenters. The number of esters is 1. The minimum absolute atomic E-state index is 0.0321. The predicted octanol–water partition coefficient (Wildman–Crippen LogP) is 5.07. The molecule has 1 aromatic carbocycles. The molecule has 0 radical (unpaired) electrons. The zero-order chi connectivity index (χ0) is 25.2. The normalized spacial score (nSPS) is 20.2. The Bertz CT molecular complexity index is 1360. The summed E-state index contributed by atoms with van der Waals surface area (Å²) in [6.45, 7) is 0.895. The molecule has 1 fully saturated rings. The molecule has 5 rings (SSSR count). The lowest BCUT2D eigenvalue weighted by atomic mass is 9.79. The fourth-order valence-electron chi connectivity index (χ4n) is 4.80. The molecular weight excluding hydrogens is 466 g/mol. The number of benzene rings is 1. The van der Waals surface area contributed by atoms with Crippen molar-refractivity contribution in [3.05, 3.63) is 93.3 Å². The molecule has 0 spiro atoms. The second-order valence-electron chi connectivity index (χ2n) is 8.65. The van der Waals surface area contributed by atoms with Crippen LogP contribution in [0.4, 0.5) is 5.69 Å². The van der Waals surface area contributed by atoms with Gasteiger partial charge in [0.1, 0.15) is 17.6 Å². The Morgan fingerprint density at radius 1 is 1.19 bits per heavy atom. The average molecular weight is 489 g/mol. The summed E-state index contributed by atoms with van der Waals surface area (Å²) in [5.74, 6) is -0.125. The van der Waals surface area contributed by atoms with Crippen molar-refractivity contribution < 1.29 is 28.1 Å². The average Bonchev–Trinajstić information content (AvgIpc) is 3.63. The third kappa shape index (κ3) is 4.33. The lowest BCUT2D eigenvalue weighted by Crippen LogP contribution is -2.34. The molecule has 1 aliphatic heterocycles. The molecule has 3 heterocycles. The first-order valence-electron chi connectivity index (χ1n) is 11.5. The fraction of sp³-hybridized carbons (Fsp3) is 0.269. The Balaban J connectivity index is 1.39. The van der Waals surface area contributed by atoms with Gasteiger partial charge in [0.2, 0.25) is 0 Å². The summed E-state index contributed by atoms with van der Waals surface area (Å²) in [7, 11) is 0. The highest BCUT2D eigenvalue weighted by Gasteiger charge is 2.45. The molecule has 1 saturated carbocycles. The molecule has 0 bridgehead atoms. The van der Waals surface area contributed by atoms with E-state index in [1.165, 1.54) is 30.1 Å². The van der Waals surface area contributed by atoms with Gasteiger partial charge in [-0.05, 0) is 68.2 Å². The molecular formula is C26H23N3O7. The Labute approximate surface area is 206 Å². The summed E-state index contributed by atoms with van der Waals surface area (Å²) < 4.78 is 16.4. The maximum absolute atomic E-state index is 13.3. The van der Waals surface area contributed by atoms with Crippen LogP contribution >= 0.6 is 0 Å². The van der Waals surface area contributed by atoms with Gasteiger partial charge in [-0.15, -0.1) is 0 Å². The van der Waals surface area contributed by atoms with Crippen molar-refractivity contribution in [2.45, 2.75) is 32.2 Å². The van der Waals surface area contributed by atoms with Crippen molar-refractivity contribution >= 4 is 29.4 Å². The lowest BCUT2D eigenvalue weighted by molar-refractivity contribution is -0.385. The number of ether oxygens (including phenoxy) is 1. The number of carbonyl (C=O) groups is 2. The van der Waals surface area contributed by atoms with Gasteiger partial charge in [0.25, 0.3) is 11.6 Å². The molecule has 1 aliphatic carbocycles. The lowest BCUT2D eigenvalue weighted by Gasteiger charge is -2.27. The maximum Gasteiger partial charge on any atom is 0.339 e. The highest BCUT2D eigenvalue weighted by molar-refractivity contribution is 6.08.